The second-order valence-electron chi connectivity index (χ2n) is 5.61. The van der Waals surface area contributed by atoms with Gasteiger partial charge < -0.3 is 14.5 Å². The smallest absolute Gasteiger partial charge is 0.337 e. The predicted molar refractivity (Wildman–Crippen MR) is 97.3 cm³/mol. The first-order valence-corrected chi connectivity index (χ1v) is 8.01. The van der Waals surface area contributed by atoms with Crippen molar-refractivity contribution in [1.82, 2.24) is 0 Å². The van der Waals surface area contributed by atoms with Gasteiger partial charge in [-0.3, -0.25) is 0 Å². The van der Waals surface area contributed by atoms with Crippen LogP contribution in [0.3, 0.4) is 0 Å². The zero-order valence-corrected chi connectivity index (χ0v) is 14.5. The van der Waals surface area contributed by atoms with Crippen LogP contribution in [0, 0.1) is 6.92 Å². The van der Waals surface area contributed by atoms with Crippen LogP contribution < -0.4 is 10.9 Å². The number of carbonyl (C=O) groups is 1. The zero-order chi connectivity index (χ0) is 18.0. The normalized spacial score (nSPS) is 10.7. The highest BCUT2D eigenvalue weighted by Crippen LogP contribution is 2.25. The van der Waals surface area contributed by atoms with Gasteiger partial charge in [0.15, 0.2) is 0 Å². The molecule has 25 heavy (non-hydrogen) atoms. The summed E-state index contributed by atoms with van der Waals surface area (Å²) in [4.78, 5) is 23.2. The first kappa shape index (κ1) is 17.0. The maximum Gasteiger partial charge on any atom is 0.337 e. The van der Waals surface area contributed by atoms with Crippen molar-refractivity contribution < 1.29 is 13.9 Å². The van der Waals surface area contributed by atoms with Crippen molar-refractivity contribution in [3.8, 4) is 0 Å². The van der Waals surface area contributed by atoms with Gasteiger partial charge in [-0.25, -0.2) is 9.59 Å². The molecule has 0 bridgehead atoms. The highest BCUT2D eigenvalue weighted by molar-refractivity contribution is 6.32. The van der Waals surface area contributed by atoms with Crippen LogP contribution in [0.1, 0.15) is 21.5 Å². The summed E-state index contributed by atoms with van der Waals surface area (Å²) in [5.41, 5.74) is 3.01. The summed E-state index contributed by atoms with van der Waals surface area (Å²) in [6, 6.07) is 11.9. The second kappa shape index (κ2) is 6.99. The molecule has 1 heterocycles. The molecule has 0 radical (unpaired) electrons. The summed E-state index contributed by atoms with van der Waals surface area (Å²) in [7, 11) is 1.34. The van der Waals surface area contributed by atoms with Gasteiger partial charge in [0, 0.05) is 28.7 Å². The summed E-state index contributed by atoms with van der Waals surface area (Å²) in [5, 5.41) is 4.62. The first-order valence-electron chi connectivity index (χ1n) is 7.63. The number of fused-ring (bicyclic) bond motifs is 1. The van der Waals surface area contributed by atoms with Gasteiger partial charge in [0.1, 0.15) is 5.58 Å². The Balaban J connectivity index is 1.87. The lowest BCUT2D eigenvalue weighted by molar-refractivity contribution is 0.0601. The van der Waals surface area contributed by atoms with E-state index in [9.17, 15) is 9.59 Å². The lowest BCUT2D eigenvalue weighted by Crippen LogP contribution is -2.06. The number of hydrogen-bond acceptors (Lipinski definition) is 5. The monoisotopic (exact) mass is 357 g/mol. The van der Waals surface area contributed by atoms with Crippen LogP contribution in [0.4, 0.5) is 5.69 Å². The highest BCUT2D eigenvalue weighted by atomic mass is 35.5. The van der Waals surface area contributed by atoms with E-state index in [4.69, 9.17) is 16.0 Å². The third-order valence-corrected chi connectivity index (χ3v) is 4.31. The Labute approximate surface area is 149 Å². The third-order valence-electron chi connectivity index (χ3n) is 3.90. The SMILES string of the molecule is COC(=O)c1ccc(NCc2cc(=O)oc3cc(C)c(Cl)cc23)cc1. The summed E-state index contributed by atoms with van der Waals surface area (Å²) >= 11 is 6.19. The number of nitrogens with one attached hydrogen (secondary N) is 1. The van der Waals surface area contributed by atoms with Crippen LogP contribution in [0.15, 0.2) is 51.7 Å². The lowest BCUT2D eigenvalue weighted by Gasteiger charge is -2.10. The van der Waals surface area contributed by atoms with Gasteiger partial charge in [0.25, 0.3) is 0 Å². The molecule has 3 rings (SSSR count). The van der Waals surface area contributed by atoms with Crippen molar-refractivity contribution in [3.05, 3.63) is 74.6 Å². The van der Waals surface area contributed by atoms with Crippen LogP contribution in [0.5, 0.6) is 0 Å². The van der Waals surface area contributed by atoms with E-state index in [-0.39, 0.29) is 5.97 Å². The second-order valence-corrected chi connectivity index (χ2v) is 6.02. The fourth-order valence-electron chi connectivity index (χ4n) is 2.53. The molecule has 3 aromatic rings. The number of methoxy groups -OCH3 is 1. The Kier molecular flexibility index (Phi) is 4.76. The van der Waals surface area contributed by atoms with Crippen LogP contribution in [-0.4, -0.2) is 13.1 Å². The van der Waals surface area contributed by atoms with Crippen molar-refractivity contribution in [2.24, 2.45) is 0 Å². The number of rotatable bonds is 4. The molecule has 0 fully saturated rings. The first-order chi connectivity index (χ1) is 12.0. The van der Waals surface area contributed by atoms with Crippen molar-refractivity contribution in [1.29, 1.82) is 0 Å². The third kappa shape index (κ3) is 3.67. The zero-order valence-electron chi connectivity index (χ0n) is 13.8. The van der Waals surface area contributed by atoms with E-state index in [0.717, 1.165) is 22.2 Å². The van der Waals surface area contributed by atoms with Crippen molar-refractivity contribution in [2.75, 3.05) is 12.4 Å². The Morgan fingerprint density at radius 2 is 1.92 bits per heavy atom. The largest absolute Gasteiger partial charge is 0.465 e. The van der Waals surface area contributed by atoms with Gasteiger partial charge in [-0.1, -0.05) is 11.6 Å². The number of hydrogen-bond donors (Lipinski definition) is 1. The van der Waals surface area contributed by atoms with Crippen molar-refractivity contribution in [2.45, 2.75) is 13.5 Å². The van der Waals surface area contributed by atoms with E-state index < -0.39 is 5.63 Å². The molecule has 0 saturated carbocycles. The molecule has 0 saturated heterocycles. The van der Waals surface area contributed by atoms with Gasteiger partial charge in [0.2, 0.25) is 0 Å². The topological polar surface area (TPSA) is 68.5 Å². The van der Waals surface area contributed by atoms with Gasteiger partial charge in [-0.15, -0.1) is 0 Å². The summed E-state index contributed by atoms with van der Waals surface area (Å²) in [6.07, 6.45) is 0. The Morgan fingerprint density at radius 1 is 1.20 bits per heavy atom. The number of esters is 1. The number of anilines is 1. The molecule has 0 spiro atoms. The minimum Gasteiger partial charge on any atom is -0.465 e. The summed E-state index contributed by atoms with van der Waals surface area (Å²) in [5.74, 6) is -0.386. The van der Waals surface area contributed by atoms with Crippen LogP contribution >= 0.6 is 11.6 Å². The predicted octanol–water partition coefficient (Wildman–Crippen LogP) is 4.15. The number of benzene rings is 2. The fourth-order valence-corrected chi connectivity index (χ4v) is 2.70. The van der Waals surface area contributed by atoms with Gasteiger partial charge in [-0.2, -0.15) is 0 Å². The molecule has 0 atom stereocenters. The number of aryl methyl sites for hydroxylation is 1. The average Bonchev–Trinajstić information content (AvgIpc) is 2.61. The molecule has 5 nitrogen and oxygen atoms in total. The Hall–Kier alpha value is -2.79. The molecule has 0 aliphatic carbocycles. The molecular formula is C19H16ClNO4. The molecule has 2 aromatic carbocycles. The van der Waals surface area contributed by atoms with Gasteiger partial charge >= 0.3 is 11.6 Å². The molecule has 6 heteroatoms. The molecule has 0 aliphatic rings. The maximum atomic E-state index is 11.8. The van der Waals surface area contributed by atoms with E-state index in [1.807, 2.05) is 6.92 Å². The molecule has 0 aliphatic heterocycles. The molecular weight excluding hydrogens is 342 g/mol. The fraction of sp³-hybridized carbons (Fsp3) is 0.158. The molecule has 1 N–H and O–H groups in total. The Bertz CT molecular complexity index is 993. The van der Waals surface area contributed by atoms with Crippen LogP contribution in [-0.2, 0) is 11.3 Å². The quantitative estimate of drug-likeness (QED) is 0.561. The van der Waals surface area contributed by atoms with Gasteiger partial charge in [0.05, 0.1) is 12.7 Å². The molecule has 128 valence electrons. The summed E-state index contributed by atoms with van der Waals surface area (Å²) < 4.78 is 9.92. The number of ether oxygens (including phenoxy) is 1. The van der Waals surface area contributed by atoms with Crippen LogP contribution in [0.25, 0.3) is 11.0 Å². The van der Waals surface area contributed by atoms with Crippen LogP contribution in [0.2, 0.25) is 5.02 Å². The standard InChI is InChI=1S/C19H16ClNO4/c1-11-7-17-15(9-16(11)20)13(8-18(22)25-17)10-21-14-5-3-12(4-6-14)19(23)24-2/h3-9,21H,10H2,1-2H3. The summed E-state index contributed by atoms with van der Waals surface area (Å²) in [6.45, 7) is 2.27. The minimum absolute atomic E-state index is 0.386. The van der Waals surface area contributed by atoms with E-state index in [0.29, 0.717) is 22.7 Å². The number of halogens is 1. The molecule has 1 aromatic heterocycles. The highest BCUT2D eigenvalue weighted by Gasteiger charge is 2.09. The lowest BCUT2D eigenvalue weighted by atomic mass is 10.1. The van der Waals surface area contributed by atoms with Gasteiger partial charge in [-0.05, 0) is 54.4 Å². The van der Waals surface area contributed by atoms with Crippen molar-refractivity contribution in [3.63, 3.8) is 0 Å². The minimum atomic E-state index is -0.410. The van der Waals surface area contributed by atoms with E-state index in [2.05, 4.69) is 10.1 Å². The maximum absolute atomic E-state index is 11.8. The number of carbonyl (C=O) groups excluding carboxylic acids is 1. The van der Waals surface area contributed by atoms with Crippen molar-refractivity contribution >= 4 is 34.2 Å². The van der Waals surface area contributed by atoms with E-state index in [1.165, 1.54) is 13.2 Å². The molecule has 0 unspecified atom stereocenters. The van der Waals surface area contributed by atoms with E-state index >= 15 is 0 Å². The Morgan fingerprint density at radius 3 is 2.60 bits per heavy atom. The average molecular weight is 358 g/mol. The van der Waals surface area contributed by atoms with E-state index in [1.54, 1.807) is 36.4 Å². The molecule has 0 amide bonds.